The minimum atomic E-state index is 0.888. The van der Waals surface area contributed by atoms with Crippen LogP contribution in [0.3, 0.4) is 0 Å². The van der Waals surface area contributed by atoms with Crippen LogP contribution in [-0.4, -0.2) is 16.1 Å². The van der Waals surface area contributed by atoms with E-state index in [1.807, 2.05) is 6.20 Å². The van der Waals surface area contributed by atoms with Crippen molar-refractivity contribution in [2.45, 2.75) is 47.2 Å². The molecule has 0 atom stereocenters. The lowest BCUT2D eigenvalue weighted by Gasteiger charge is -2.13. The van der Waals surface area contributed by atoms with Crippen molar-refractivity contribution >= 4 is 0 Å². The van der Waals surface area contributed by atoms with Crippen LogP contribution in [0, 0.1) is 20.8 Å². The zero-order chi connectivity index (χ0) is 14.5. The number of hydrogen-bond acceptors (Lipinski definition) is 2. The first-order valence-electron chi connectivity index (χ1n) is 7.39. The van der Waals surface area contributed by atoms with Gasteiger partial charge in [0, 0.05) is 19.3 Å². The lowest BCUT2D eigenvalue weighted by Crippen LogP contribution is -2.18. The van der Waals surface area contributed by atoms with Crippen LogP contribution in [0.15, 0.2) is 24.4 Å². The second kappa shape index (κ2) is 6.71. The molecule has 1 N–H and O–H groups in total. The SMILES string of the molecule is CCCNCc1cnc(C)n1Cc1cc(C)ccc1C. The van der Waals surface area contributed by atoms with Crippen LogP contribution in [0.5, 0.6) is 0 Å². The minimum absolute atomic E-state index is 0.888. The van der Waals surface area contributed by atoms with Gasteiger partial charge in [0.05, 0.1) is 5.69 Å². The molecule has 0 amide bonds. The highest BCUT2D eigenvalue weighted by atomic mass is 15.1. The Kier molecular flexibility index (Phi) is 4.96. The van der Waals surface area contributed by atoms with Gasteiger partial charge in [-0.2, -0.15) is 0 Å². The highest BCUT2D eigenvalue weighted by Gasteiger charge is 2.08. The van der Waals surface area contributed by atoms with Gasteiger partial charge in [-0.3, -0.25) is 0 Å². The third-order valence-electron chi connectivity index (χ3n) is 3.70. The van der Waals surface area contributed by atoms with Crippen LogP contribution in [0.25, 0.3) is 0 Å². The second-order valence-electron chi connectivity index (χ2n) is 5.49. The van der Waals surface area contributed by atoms with Crippen LogP contribution >= 0.6 is 0 Å². The average Bonchev–Trinajstić information content (AvgIpc) is 2.76. The number of nitrogens with one attached hydrogen (secondary N) is 1. The molecule has 0 unspecified atom stereocenters. The van der Waals surface area contributed by atoms with E-state index in [1.165, 1.54) is 22.4 Å². The fourth-order valence-corrected chi connectivity index (χ4v) is 2.41. The Morgan fingerprint density at radius 2 is 2.00 bits per heavy atom. The Labute approximate surface area is 122 Å². The molecule has 0 saturated heterocycles. The quantitative estimate of drug-likeness (QED) is 0.817. The molecule has 0 aliphatic carbocycles. The summed E-state index contributed by atoms with van der Waals surface area (Å²) in [6.45, 7) is 11.4. The molecule has 0 fully saturated rings. The van der Waals surface area contributed by atoms with Crippen LogP contribution in [0.4, 0.5) is 0 Å². The maximum atomic E-state index is 4.47. The average molecular weight is 271 g/mol. The van der Waals surface area contributed by atoms with E-state index in [9.17, 15) is 0 Å². The summed E-state index contributed by atoms with van der Waals surface area (Å²) in [5, 5.41) is 3.46. The Hall–Kier alpha value is -1.61. The van der Waals surface area contributed by atoms with E-state index in [2.05, 4.69) is 60.8 Å². The summed E-state index contributed by atoms with van der Waals surface area (Å²) < 4.78 is 2.31. The van der Waals surface area contributed by atoms with Crippen molar-refractivity contribution in [2.24, 2.45) is 0 Å². The molecule has 0 bridgehead atoms. The fourth-order valence-electron chi connectivity index (χ4n) is 2.41. The Morgan fingerprint density at radius 1 is 1.20 bits per heavy atom. The number of rotatable bonds is 6. The van der Waals surface area contributed by atoms with Crippen LogP contribution in [0.2, 0.25) is 0 Å². The molecule has 3 nitrogen and oxygen atoms in total. The predicted molar refractivity (Wildman–Crippen MR) is 84.0 cm³/mol. The Balaban J connectivity index is 2.19. The van der Waals surface area contributed by atoms with E-state index in [1.54, 1.807) is 0 Å². The summed E-state index contributed by atoms with van der Waals surface area (Å²) >= 11 is 0. The number of aryl methyl sites for hydroxylation is 3. The lowest BCUT2D eigenvalue weighted by molar-refractivity contribution is 0.622. The molecule has 1 heterocycles. The molecule has 20 heavy (non-hydrogen) atoms. The maximum Gasteiger partial charge on any atom is 0.106 e. The summed E-state index contributed by atoms with van der Waals surface area (Å²) in [6, 6.07) is 6.65. The second-order valence-corrected chi connectivity index (χ2v) is 5.49. The highest BCUT2D eigenvalue weighted by molar-refractivity contribution is 5.31. The molecule has 2 rings (SSSR count). The van der Waals surface area contributed by atoms with E-state index in [4.69, 9.17) is 0 Å². The van der Waals surface area contributed by atoms with Gasteiger partial charge in [0.25, 0.3) is 0 Å². The van der Waals surface area contributed by atoms with Gasteiger partial charge < -0.3 is 9.88 Å². The molecular weight excluding hydrogens is 246 g/mol. The number of hydrogen-bond donors (Lipinski definition) is 1. The smallest absolute Gasteiger partial charge is 0.106 e. The normalized spacial score (nSPS) is 11.0. The van der Waals surface area contributed by atoms with Crippen LogP contribution < -0.4 is 5.32 Å². The molecule has 108 valence electrons. The third-order valence-corrected chi connectivity index (χ3v) is 3.70. The van der Waals surface area contributed by atoms with E-state index < -0.39 is 0 Å². The summed E-state index contributed by atoms with van der Waals surface area (Å²) in [5.41, 5.74) is 5.30. The van der Waals surface area contributed by atoms with Gasteiger partial charge in [0.2, 0.25) is 0 Å². The van der Waals surface area contributed by atoms with Crippen molar-refractivity contribution in [1.29, 1.82) is 0 Å². The zero-order valence-corrected chi connectivity index (χ0v) is 13.0. The van der Waals surface area contributed by atoms with Gasteiger partial charge in [0.1, 0.15) is 5.82 Å². The molecule has 3 heteroatoms. The first kappa shape index (κ1) is 14.8. The van der Waals surface area contributed by atoms with Crippen molar-refractivity contribution < 1.29 is 0 Å². The van der Waals surface area contributed by atoms with E-state index >= 15 is 0 Å². The largest absolute Gasteiger partial charge is 0.327 e. The molecule has 0 spiro atoms. The number of imidazole rings is 1. The molecule has 2 aromatic rings. The van der Waals surface area contributed by atoms with Crippen molar-refractivity contribution in [3.8, 4) is 0 Å². The summed E-state index contributed by atoms with van der Waals surface area (Å²) in [4.78, 5) is 4.47. The molecule has 0 radical (unpaired) electrons. The molecule has 0 aliphatic heterocycles. The van der Waals surface area contributed by atoms with Gasteiger partial charge in [-0.05, 0) is 44.9 Å². The monoisotopic (exact) mass is 271 g/mol. The van der Waals surface area contributed by atoms with Crippen molar-refractivity contribution in [3.05, 3.63) is 52.6 Å². The van der Waals surface area contributed by atoms with Crippen molar-refractivity contribution in [3.63, 3.8) is 0 Å². The fraction of sp³-hybridized carbons (Fsp3) is 0.471. The molecule has 1 aromatic carbocycles. The summed E-state index contributed by atoms with van der Waals surface area (Å²) in [5.74, 6) is 1.08. The molecule has 0 saturated carbocycles. The van der Waals surface area contributed by atoms with Crippen LogP contribution in [-0.2, 0) is 13.1 Å². The molecular formula is C17H25N3. The van der Waals surface area contributed by atoms with E-state index in [0.717, 1.165) is 31.9 Å². The van der Waals surface area contributed by atoms with Gasteiger partial charge in [-0.15, -0.1) is 0 Å². The Morgan fingerprint density at radius 3 is 2.75 bits per heavy atom. The van der Waals surface area contributed by atoms with Gasteiger partial charge in [-0.1, -0.05) is 30.7 Å². The third kappa shape index (κ3) is 3.48. The summed E-state index contributed by atoms with van der Waals surface area (Å²) in [6.07, 6.45) is 3.15. The predicted octanol–water partition coefficient (Wildman–Crippen LogP) is 3.36. The number of nitrogens with zero attached hydrogens (tertiary/aromatic N) is 2. The number of aromatic nitrogens is 2. The van der Waals surface area contributed by atoms with E-state index in [0.29, 0.717) is 0 Å². The zero-order valence-electron chi connectivity index (χ0n) is 13.0. The van der Waals surface area contributed by atoms with Gasteiger partial charge in [-0.25, -0.2) is 4.98 Å². The maximum absolute atomic E-state index is 4.47. The van der Waals surface area contributed by atoms with Crippen molar-refractivity contribution in [2.75, 3.05) is 6.54 Å². The first-order valence-corrected chi connectivity index (χ1v) is 7.39. The molecule has 1 aromatic heterocycles. The van der Waals surface area contributed by atoms with E-state index in [-0.39, 0.29) is 0 Å². The van der Waals surface area contributed by atoms with Gasteiger partial charge in [0.15, 0.2) is 0 Å². The van der Waals surface area contributed by atoms with Crippen LogP contribution in [0.1, 0.15) is 41.6 Å². The standard InChI is InChI=1S/C17H25N3/c1-5-8-18-10-17-11-19-15(4)20(17)12-16-9-13(2)6-7-14(16)3/h6-7,9,11,18H,5,8,10,12H2,1-4H3. The highest BCUT2D eigenvalue weighted by Crippen LogP contribution is 2.15. The topological polar surface area (TPSA) is 29.9 Å². The summed E-state index contributed by atoms with van der Waals surface area (Å²) in [7, 11) is 0. The van der Waals surface area contributed by atoms with Gasteiger partial charge >= 0.3 is 0 Å². The first-order chi connectivity index (χ1) is 9.61. The van der Waals surface area contributed by atoms with Crippen molar-refractivity contribution in [1.82, 2.24) is 14.9 Å². The molecule has 0 aliphatic rings. The number of benzene rings is 1. The minimum Gasteiger partial charge on any atom is -0.327 e. The Bertz CT molecular complexity index is 570. The lowest BCUT2D eigenvalue weighted by atomic mass is 10.1.